The van der Waals surface area contributed by atoms with Crippen molar-refractivity contribution in [2.24, 2.45) is 10.1 Å². The summed E-state index contributed by atoms with van der Waals surface area (Å²) in [4.78, 5) is 4.31. The Morgan fingerprint density at radius 3 is 2.90 bits per heavy atom. The Labute approximate surface area is 122 Å². The number of amidine groups is 1. The number of fused-ring (bicyclic) bond motifs is 1. The summed E-state index contributed by atoms with van der Waals surface area (Å²) in [5.74, 6) is 2.43. The number of hydrogen-bond donors (Lipinski definition) is 1. The average molecular weight is 291 g/mol. The van der Waals surface area contributed by atoms with Crippen molar-refractivity contribution in [2.45, 2.75) is 13.3 Å². The van der Waals surface area contributed by atoms with Crippen LogP contribution < -0.4 is 14.9 Å². The first-order chi connectivity index (χ1) is 9.86. The van der Waals surface area contributed by atoms with Gasteiger partial charge < -0.3 is 9.47 Å². The highest BCUT2D eigenvalue weighted by atomic mass is 32.2. The van der Waals surface area contributed by atoms with Crippen molar-refractivity contribution < 1.29 is 9.47 Å². The van der Waals surface area contributed by atoms with Gasteiger partial charge in [-0.05, 0) is 25.1 Å². The van der Waals surface area contributed by atoms with Crippen LogP contribution in [0, 0.1) is 0 Å². The Bertz CT molecular complexity index is 557. The molecule has 0 saturated carbocycles. The van der Waals surface area contributed by atoms with E-state index < -0.39 is 0 Å². The number of thioether (sulfide) groups is 1. The molecule has 0 aromatic heterocycles. The summed E-state index contributed by atoms with van der Waals surface area (Å²) in [7, 11) is 0. The predicted molar refractivity (Wildman–Crippen MR) is 82.2 cm³/mol. The van der Waals surface area contributed by atoms with E-state index in [1.807, 2.05) is 25.1 Å². The first-order valence-corrected chi connectivity index (χ1v) is 7.75. The van der Waals surface area contributed by atoms with Gasteiger partial charge in [-0.25, -0.2) is 0 Å². The van der Waals surface area contributed by atoms with E-state index in [-0.39, 0.29) is 0 Å². The molecule has 5 nitrogen and oxygen atoms in total. The normalized spacial score (nSPS) is 20.1. The number of nitrogens with zero attached hydrogens (tertiary/aromatic N) is 2. The Morgan fingerprint density at radius 2 is 2.15 bits per heavy atom. The van der Waals surface area contributed by atoms with Crippen LogP contribution in [0.3, 0.4) is 0 Å². The molecule has 0 atom stereocenters. The lowest BCUT2D eigenvalue weighted by molar-refractivity contribution is 0.297. The molecule has 106 valence electrons. The molecule has 0 amide bonds. The first-order valence-electron chi connectivity index (χ1n) is 6.76. The van der Waals surface area contributed by atoms with Crippen LogP contribution in [0.25, 0.3) is 0 Å². The zero-order valence-electron chi connectivity index (χ0n) is 11.4. The molecular weight excluding hydrogens is 274 g/mol. The fraction of sp³-hybridized carbons (Fsp3) is 0.429. The molecule has 1 aromatic rings. The molecular formula is C14H17N3O2S. The predicted octanol–water partition coefficient (Wildman–Crippen LogP) is 2.26. The van der Waals surface area contributed by atoms with Crippen molar-refractivity contribution in [3.8, 4) is 11.5 Å². The van der Waals surface area contributed by atoms with Crippen molar-refractivity contribution in [2.75, 3.05) is 25.5 Å². The van der Waals surface area contributed by atoms with Crippen molar-refractivity contribution >= 4 is 22.6 Å². The Hall–Kier alpha value is -1.69. The molecule has 0 radical (unpaired) electrons. The SMILES string of the molecule is CCN=C1NN=C(c2ccc3c(c2)OCCCO3)CS1. The molecule has 2 aliphatic heterocycles. The van der Waals surface area contributed by atoms with Crippen molar-refractivity contribution in [1.82, 2.24) is 5.43 Å². The maximum absolute atomic E-state index is 5.71. The quantitative estimate of drug-likeness (QED) is 0.908. The van der Waals surface area contributed by atoms with E-state index in [1.165, 1.54) is 0 Å². The highest BCUT2D eigenvalue weighted by Crippen LogP contribution is 2.31. The molecule has 2 heterocycles. The topological polar surface area (TPSA) is 55.2 Å². The molecule has 1 aromatic carbocycles. The summed E-state index contributed by atoms with van der Waals surface area (Å²) in [5.41, 5.74) is 5.05. The number of ether oxygens (including phenoxy) is 2. The van der Waals surface area contributed by atoms with Crippen molar-refractivity contribution in [1.29, 1.82) is 0 Å². The Kier molecular flexibility index (Phi) is 4.11. The summed E-state index contributed by atoms with van der Waals surface area (Å²) < 4.78 is 11.3. The summed E-state index contributed by atoms with van der Waals surface area (Å²) in [6, 6.07) is 5.99. The van der Waals surface area contributed by atoms with Gasteiger partial charge in [-0.1, -0.05) is 11.8 Å². The molecule has 3 rings (SSSR count). The number of aliphatic imine (C=N–C) groups is 1. The minimum absolute atomic E-state index is 0.698. The van der Waals surface area contributed by atoms with Gasteiger partial charge in [-0.2, -0.15) is 5.10 Å². The molecule has 0 bridgehead atoms. The first kappa shape index (κ1) is 13.3. The number of hydrogen-bond acceptors (Lipinski definition) is 5. The Morgan fingerprint density at radius 1 is 1.30 bits per heavy atom. The molecule has 20 heavy (non-hydrogen) atoms. The third-order valence-electron chi connectivity index (χ3n) is 3.01. The second-order valence-corrected chi connectivity index (χ2v) is 5.41. The van der Waals surface area contributed by atoms with Crippen molar-refractivity contribution in [3.63, 3.8) is 0 Å². The van der Waals surface area contributed by atoms with E-state index in [0.29, 0.717) is 13.2 Å². The zero-order valence-corrected chi connectivity index (χ0v) is 12.2. The molecule has 6 heteroatoms. The maximum atomic E-state index is 5.71. The van der Waals surface area contributed by atoms with Gasteiger partial charge in [0, 0.05) is 24.3 Å². The van der Waals surface area contributed by atoms with Crippen LogP contribution in [0.2, 0.25) is 0 Å². The van der Waals surface area contributed by atoms with Crippen LogP contribution in [0.15, 0.2) is 28.3 Å². The van der Waals surface area contributed by atoms with E-state index in [4.69, 9.17) is 9.47 Å². The van der Waals surface area contributed by atoms with Crippen LogP contribution >= 0.6 is 11.8 Å². The second-order valence-electron chi connectivity index (χ2n) is 4.45. The molecule has 0 saturated heterocycles. The lowest BCUT2D eigenvalue weighted by Crippen LogP contribution is -2.25. The molecule has 0 aliphatic carbocycles. The summed E-state index contributed by atoms with van der Waals surface area (Å²) in [6.07, 6.45) is 0.916. The standard InChI is InChI=1S/C14H17N3O2S/c1-2-15-14-17-16-11(9-20-14)10-4-5-12-13(8-10)19-7-3-6-18-12/h4-5,8H,2-3,6-7,9H2,1H3,(H,15,17). The number of hydrazone groups is 1. The van der Waals surface area contributed by atoms with Crippen LogP contribution in [0.1, 0.15) is 18.9 Å². The fourth-order valence-corrected chi connectivity index (χ4v) is 2.87. The van der Waals surface area contributed by atoms with E-state index in [1.54, 1.807) is 11.8 Å². The van der Waals surface area contributed by atoms with Gasteiger partial charge in [0.15, 0.2) is 16.7 Å². The van der Waals surface area contributed by atoms with Crippen molar-refractivity contribution in [3.05, 3.63) is 23.8 Å². The lowest BCUT2D eigenvalue weighted by Gasteiger charge is -2.16. The average Bonchev–Trinajstić information content (AvgIpc) is 2.73. The molecule has 1 N–H and O–H groups in total. The molecule has 2 aliphatic rings. The van der Waals surface area contributed by atoms with Gasteiger partial charge in [0.25, 0.3) is 0 Å². The van der Waals surface area contributed by atoms with E-state index in [2.05, 4.69) is 15.5 Å². The second kappa shape index (κ2) is 6.17. The zero-order chi connectivity index (χ0) is 13.8. The summed E-state index contributed by atoms with van der Waals surface area (Å²) in [5, 5.41) is 5.27. The van der Waals surface area contributed by atoms with E-state index >= 15 is 0 Å². The molecule has 0 fully saturated rings. The number of nitrogens with one attached hydrogen (secondary N) is 1. The van der Waals surface area contributed by atoms with Crippen LogP contribution in [-0.2, 0) is 0 Å². The fourth-order valence-electron chi connectivity index (χ4n) is 2.03. The largest absolute Gasteiger partial charge is 0.490 e. The Balaban J connectivity index is 1.81. The van der Waals surface area contributed by atoms with Gasteiger partial charge >= 0.3 is 0 Å². The highest BCUT2D eigenvalue weighted by Gasteiger charge is 2.16. The van der Waals surface area contributed by atoms with Crippen LogP contribution in [-0.4, -0.2) is 36.4 Å². The molecule has 0 spiro atoms. The van der Waals surface area contributed by atoms with Crippen LogP contribution in [0.5, 0.6) is 11.5 Å². The highest BCUT2D eigenvalue weighted by molar-refractivity contribution is 8.14. The maximum Gasteiger partial charge on any atom is 0.177 e. The van der Waals surface area contributed by atoms with Gasteiger partial charge in [0.2, 0.25) is 0 Å². The van der Waals surface area contributed by atoms with E-state index in [0.717, 1.165) is 46.7 Å². The minimum Gasteiger partial charge on any atom is -0.490 e. The third-order valence-corrected chi connectivity index (χ3v) is 3.93. The number of benzene rings is 1. The monoisotopic (exact) mass is 291 g/mol. The van der Waals surface area contributed by atoms with Crippen LogP contribution in [0.4, 0.5) is 0 Å². The summed E-state index contributed by atoms with van der Waals surface area (Å²) in [6.45, 7) is 4.19. The van der Waals surface area contributed by atoms with Gasteiger partial charge in [-0.15, -0.1) is 0 Å². The van der Waals surface area contributed by atoms with E-state index in [9.17, 15) is 0 Å². The lowest BCUT2D eigenvalue weighted by atomic mass is 10.1. The molecule has 0 unspecified atom stereocenters. The third kappa shape index (κ3) is 2.90. The summed E-state index contributed by atoms with van der Waals surface area (Å²) >= 11 is 1.67. The van der Waals surface area contributed by atoms with Gasteiger partial charge in [0.1, 0.15) is 0 Å². The smallest absolute Gasteiger partial charge is 0.177 e. The van der Waals surface area contributed by atoms with Gasteiger partial charge in [0.05, 0.1) is 18.9 Å². The minimum atomic E-state index is 0.698. The van der Waals surface area contributed by atoms with Gasteiger partial charge in [-0.3, -0.25) is 10.4 Å². The number of rotatable bonds is 2.